The molecule has 2 fully saturated rings. The molecule has 168 valence electrons. The van der Waals surface area contributed by atoms with Gasteiger partial charge in [-0.25, -0.2) is 12.7 Å². The van der Waals surface area contributed by atoms with Gasteiger partial charge in [-0.05, 0) is 38.0 Å². The Morgan fingerprint density at radius 2 is 1.93 bits per heavy atom. The van der Waals surface area contributed by atoms with E-state index >= 15 is 0 Å². The van der Waals surface area contributed by atoms with Gasteiger partial charge in [-0.1, -0.05) is 6.92 Å². The van der Waals surface area contributed by atoms with Gasteiger partial charge in [0.2, 0.25) is 15.9 Å². The monoisotopic (exact) mass is 439 g/mol. The summed E-state index contributed by atoms with van der Waals surface area (Å²) in [4.78, 5) is 27.0. The van der Waals surface area contributed by atoms with Crippen molar-refractivity contribution in [2.24, 2.45) is 18.9 Å². The van der Waals surface area contributed by atoms with Crippen molar-refractivity contribution < 1.29 is 18.0 Å². The average Bonchev–Trinajstić information content (AvgIpc) is 3.18. The van der Waals surface area contributed by atoms with Gasteiger partial charge in [0.25, 0.3) is 5.91 Å². The number of carbonyl (C=O) groups excluding carboxylic acids is 2. The van der Waals surface area contributed by atoms with E-state index in [0.717, 1.165) is 25.7 Å². The first-order chi connectivity index (χ1) is 14.3. The molecule has 30 heavy (non-hydrogen) atoms. The first-order valence-corrected chi connectivity index (χ1v) is 12.4. The molecule has 3 heterocycles. The number of nitrogens with one attached hydrogen (secondary N) is 1. The zero-order valence-electron chi connectivity index (χ0n) is 17.9. The van der Waals surface area contributed by atoms with Gasteiger partial charge in [-0.3, -0.25) is 14.3 Å². The lowest BCUT2D eigenvalue weighted by atomic mass is 9.93. The second-order valence-corrected chi connectivity index (χ2v) is 10.5. The maximum atomic E-state index is 13.0. The van der Waals surface area contributed by atoms with Crippen molar-refractivity contribution in [3.8, 4) is 0 Å². The molecule has 0 radical (unpaired) electrons. The van der Waals surface area contributed by atoms with Crippen molar-refractivity contribution >= 4 is 21.8 Å². The fraction of sp³-hybridized carbons (Fsp3) is 0.750. The third kappa shape index (κ3) is 5.60. The van der Waals surface area contributed by atoms with Gasteiger partial charge in [0.1, 0.15) is 0 Å². The number of hydrogen-bond donors (Lipinski definition) is 1. The number of aromatic nitrogens is 2. The summed E-state index contributed by atoms with van der Waals surface area (Å²) in [6.07, 6.45) is 6.97. The summed E-state index contributed by atoms with van der Waals surface area (Å²) < 4.78 is 27.8. The zero-order chi connectivity index (χ0) is 21.7. The van der Waals surface area contributed by atoms with Gasteiger partial charge in [-0.2, -0.15) is 5.10 Å². The van der Waals surface area contributed by atoms with E-state index in [2.05, 4.69) is 10.4 Å². The number of sulfonamides is 1. The van der Waals surface area contributed by atoms with Gasteiger partial charge in [0.15, 0.2) is 0 Å². The average molecular weight is 440 g/mol. The molecule has 1 N–H and O–H groups in total. The van der Waals surface area contributed by atoms with E-state index in [9.17, 15) is 18.0 Å². The summed E-state index contributed by atoms with van der Waals surface area (Å²) in [5.41, 5.74) is 0.546. The highest BCUT2D eigenvalue weighted by molar-refractivity contribution is 7.89. The molecule has 1 aromatic rings. The number of piperidine rings is 2. The fourth-order valence-corrected chi connectivity index (χ4v) is 5.87. The zero-order valence-corrected chi connectivity index (χ0v) is 18.7. The maximum absolute atomic E-state index is 13.0. The largest absolute Gasteiger partial charge is 0.352 e. The van der Waals surface area contributed by atoms with Crippen LogP contribution in [0.4, 0.5) is 0 Å². The molecule has 2 saturated heterocycles. The Labute approximate surface area is 178 Å². The van der Waals surface area contributed by atoms with Crippen LogP contribution in [0, 0.1) is 11.8 Å². The Kier molecular flexibility index (Phi) is 7.51. The van der Waals surface area contributed by atoms with Crippen LogP contribution in [-0.4, -0.2) is 77.7 Å². The number of carbonyl (C=O) groups is 2. The first kappa shape index (κ1) is 22.7. The van der Waals surface area contributed by atoms with Crippen LogP contribution in [0.1, 0.15) is 49.4 Å². The highest BCUT2D eigenvalue weighted by atomic mass is 32.2. The predicted octanol–water partition coefficient (Wildman–Crippen LogP) is 0.840. The summed E-state index contributed by atoms with van der Waals surface area (Å²) >= 11 is 0. The SMILES string of the molecule is CCCS(=O)(=O)N1CCCC(C(=O)N2CCC(CNC(=O)c3cnn(C)c3)CC2)C1. The molecule has 2 aliphatic heterocycles. The van der Waals surface area contributed by atoms with Crippen LogP contribution in [0.2, 0.25) is 0 Å². The number of aryl methyl sites for hydroxylation is 1. The van der Waals surface area contributed by atoms with E-state index in [1.54, 1.807) is 24.1 Å². The lowest BCUT2D eigenvalue weighted by Gasteiger charge is -2.37. The minimum absolute atomic E-state index is 0.0734. The summed E-state index contributed by atoms with van der Waals surface area (Å²) in [5.74, 6) is 0.181. The second kappa shape index (κ2) is 9.91. The molecule has 2 aliphatic rings. The van der Waals surface area contributed by atoms with Crippen molar-refractivity contribution in [2.45, 2.75) is 39.0 Å². The van der Waals surface area contributed by atoms with Crippen molar-refractivity contribution in [3.05, 3.63) is 18.0 Å². The molecule has 0 aliphatic carbocycles. The molecular weight excluding hydrogens is 406 g/mol. The standard InChI is InChI=1S/C20H33N5O4S/c1-3-11-30(28,29)25-8-4-5-17(15-25)20(27)24-9-6-16(7-10-24)12-21-19(26)18-13-22-23(2)14-18/h13-14,16-17H,3-12,15H2,1-2H3,(H,21,26). The maximum Gasteiger partial charge on any atom is 0.254 e. The molecule has 3 rings (SSSR count). The first-order valence-electron chi connectivity index (χ1n) is 10.8. The van der Waals surface area contributed by atoms with Crippen molar-refractivity contribution in [3.63, 3.8) is 0 Å². The lowest BCUT2D eigenvalue weighted by molar-refractivity contribution is -0.138. The molecular formula is C20H33N5O4S. The normalized spacial score (nSPS) is 21.5. The smallest absolute Gasteiger partial charge is 0.254 e. The molecule has 2 amide bonds. The van der Waals surface area contributed by atoms with Crippen molar-refractivity contribution in [1.29, 1.82) is 0 Å². The van der Waals surface area contributed by atoms with Crippen LogP contribution in [-0.2, 0) is 21.9 Å². The Balaban J connectivity index is 1.45. The van der Waals surface area contributed by atoms with E-state index in [1.165, 1.54) is 4.31 Å². The fourth-order valence-electron chi connectivity index (χ4n) is 4.28. The third-order valence-corrected chi connectivity index (χ3v) is 8.08. The van der Waals surface area contributed by atoms with Crippen LogP contribution in [0.3, 0.4) is 0 Å². The van der Waals surface area contributed by atoms with E-state index in [1.807, 2.05) is 11.8 Å². The van der Waals surface area contributed by atoms with E-state index in [4.69, 9.17) is 0 Å². The molecule has 0 aromatic carbocycles. The Morgan fingerprint density at radius 1 is 1.20 bits per heavy atom. The summed E-state index contributed by atoms with van der Waals surface area (Å²) in [7, 11) is -1.49. The van der Waals surface area contributed by atoms with E-state index in [0.29, 0.717) is 50.6 Å². The minimum Gasteiger partial charge on any atom is -0.352 e. The minimum atomic E-state index is -3.26. The van der Waals surface area contributed by atoms with Gasteiger partial charge in [0, 0.05) is 46.0 Å². The van der Waals surface area contributed by atoms with Gasteiger partial charge >= 0.3 is 0 Å². The summed E-state index contributed by atoms with van der Waals surface area (Å²) in [6.45, 7) is 4.58. The molecule has 1 aromatic heterocycles. The number of hydrogen-bond acceptors (Lipinski definition) is 5. The Bertz CT molecular complexity index is 845. The highest BCUT2D eigenvalue weighted by Gasteiger charge is 2.35. The highest BCUT2D eigenvalue weighted by Crippen LogP contribution is 2.24. The number of nitrogens with zero attached hydrogens (tertiary/aromatic N) is 4. The third-order valence-electron chi connectivity index (χ3n) is 6.03. The van der Waals surface area contributed by atoms with Crippen LogP contribution in [0.25, 0.3) is 0 Å². The van der Waals surface area contributed by atoms with Gasteiger partial charge in [0.05, 0.1) is 23.4 Å². The van der Waals surface area contributed by atoms with Crippen molar-refractivity contribution in [2.75, 3.05) is 38.5 Å². The van der Waals surface area contributed by atoms with Crippen LogP contribution < -0.4 is 5.32 Å². The molecule has 0 spiro atoms. The molecule has 1 atom stereocenters. The number of amides is 2. The predicted molar refractivity (Wildman–Crippen MR) is 113 cm³/mol. The molecule has 0 saturated carbocycles. The molecule has 0 bridgehead atoms. The topological polar surface area (TPSA) is 105 Å². The number of likely N-dealkylation sites (tertiary alicyclic amines) is 1. The van der Waals surface area contributed by atoms with E-state index < -0.39 is 10.0 Å². The second-order valence-electron chi connectivity index (χ2n) is 8.39. The van der Waals surface area contributed by atoms with E-state index in [-0.39, 0.29) is 23.5 Å². The lowest BCUT2D eigenvalue weighted by Crippen LogP contribution is -2.49. The van der Waals surface area contributed by atoms with Gasteiger partial charge in [-0.15, -0.1) is 0 Å². The van der Waals surface area contributed by atoms with Crippen molar-refractivity contribution in [1.82, 2.24) is 24.3 Å². The molecule has 10 heteroatoms. The Hall–Kier alpha value is -1.94. The molecule has 9 nitrogen and oxygen atoms in total. The van der Waals surface area contributed by atoms with Gasteiger partial charge < -0.3 is 10.2 Å². The number of rotatable bonds is 7. The van der Waals surface area contributed by atoms with Crippen LogP contribution in [0.15, 0.2) is 12.4 Å². The summed E-state index contributed by atoms with van der Waals surface area (Å²) in [6, 6.07) is 0. The van der Waals surface area contributed by atoms with Crippen LogP contribution >= 0.6 is 0 Å². The van der Waals surface area contributed by atoms with Crippen LogP contribution in [0.5, 0.6) is 0 Å². The Morgan fingerprint density at radius 3 is 2.57 bits per heavy atom. The molecule has 1 unspecified atom stereocenters. The quantitative estimate of drug-likeness (QED) is 0.678. The summed E-state index contributed by atoms with van der Waals surface area (Å²) in [5, 5.41) is 6.96.